The summed E-state index contributed by atoms with van der Waals surface area (Å²) in [5.74, 6) is 0.354. The zero-order valence-electron chi connectivity index (χ0n) is 14.2. The Balaban J connectivity index is 1.53. The molecular weight excluding hydrogens is 357 g/mol. The number of rotatable bonds is 5. The number of amides is 2. The summed E-state index contributed by atoms with van der Waals surface area (Å²) in [4.78, 5) is 11.9. The van der Waals surface area contributed by atoms with E-state index in [0.29, 0.717) is 17.9 Å². The molecule has 0 saturated heterocycles. The van der Waals surface area contributed by atoms with Gasteiger partial charge in [0.1, 0.15) is 0 Å². The van der Waals surface area contributed by atoms with Gasteiger partial charge in [-0.1, -0.05) is 42.5 Å². The molecule has 0 unspecified atom stereocenters. The van der Waals surface area contributed by atoms with Crippen molar-refractivity contribution in [2.24, 2.45) is 0 Å². The number of aromatic nitrogens is 2. The molecule has 140 valence electrons. The van der Waals surface area contributed by atoms with Gasteiger partial charge in [-0.2, -0.15) is 18.3 Å². The van der Waals surface area contributed by atoms with Crippen molar-refractivity contribution in [2.75, 3.05) is 5.32 Å². The fraction of sp³-hybridized carbons (Fsp3) is 0.158. The Bertz CT molecular complexity index is 907. The smallest absolute Gasteiger partial charge is 0.334 e. The number of hydrogen-bond acceptors (Lipinski definition) is 2. The minimum Gasteiger partial charge on any atom is -0.334 e. The molecule has 1 heterocycles. The van der Waals surface area contributed by atoms with Crippen molar-refractivity contribution in [3.63, 3.8) is 0 Å². The molecule has 0 saturated carbocycles. The predicted octanol–water partition coefficient (Wildman–Crippen LogP) is 4.27. The molecular formula is C19H17F3N4O. The number of halogens is 3. The number of carbonyl (C=O) groups is 1. The van der Waals surface area contributed by atoms with Crippen LogP contribution in [-0.4, -0.2) is 15.8 Å². The molecule has 3 aromatic rings. The number of benzene rings is 2. The van der Waals surface area contributed by atoms with E-state index in [1.54, 1.807) is 16.9 Å². The van der Waals surface area contributed by atoms with Crippen molar-refractivity contribution in [3.05, 3.63) is 83.6 Å². The van der Waals surface area contributed by atoms with Crippen molar-refractivity contribution in [1.82, 2.24) is 15.1 Å². The monoisotopic (exact) mass is 374 g/mol. The Morgan fingerprint density at radius 1 is 1.00 bits per heavy atom. The molecule has 0 aliphatic rings. The molecule has 0 atom stereocenters. The molecule has 0 spiro atoms. The number of nitrogens with one attached hydrogen (secondary N) is 2. The second-order valence-corrected chi connectivity index (χ2v) is 5.89. The number of hydrogen-bond donors (Lipinski definition) is 2. The maximum absolute atomic E-state index is 12.7. The third kappa shape index (κ3) is 5.34. The van der Waals surface area contributed by atoms with E-state index in [-0.39, 0.29) is 6.54 Å². The number of nitrogens with zero attached hydrogens (tertiary/aromatic N) is 2. The third-order valence-electron chi connectivity index (χ3n) is 3.78. The van der Waals surface area contributed by atoms with E-state index in [9.17, 15) is 18.0 Å². The summed E-state index contributed by atoms with van der Waals surface area (Å²) in [7, 11) is 0. The molecule has 27 heavy (non-hydrogen) atoms. The number of anilines is 1. The first-order chi connectivity index (χ1) is 12.9. The van der Waals surface area contributed by atoms with Crippen molar-refractivity contribution < 1.29 is 18.0 Å². The van der Waals surface area contributed by atoms with Crippen LogP contribution in [0.1, 0.15) is 16.7 Å². The Kier molecular flexibility index (Phi) is 5.44. The molecule has 0 aliphatic heterocycles. The fourth-order valence-electron chi connectivity index (χ4n) is 2.49. The van der Waals surface area contributed by atoms with Crippen LogP contribution in [0, 0.1) is 0 Å². The van der Waals surface area contributed by atoms with E-state index in [1.165, 1.54) is 12.1 Å². The highest BCUT2D eigenvalue weighted by Gasteiger charge is 2.30. The van der Waals surface area contributed by atoms with Gasteiger partial charge in [-0.15, -0.1) is 0 Å². The first kappa shape index (κ1) is 18.5. The van der Waals surface area contributed by atoms with E-state index < -0.39 is 17.8 Å². The van der Waals surface area contributed by atoms with Gasteiger partial charge in [0.2, 0.25) is 0 Å². The highest BCUT2D eigenvalue weighted by atomic mass is 19.4. The largest absolute Gasteiger partial charge is 0.416 e. The van der Waals surface area contributed by atoms with Crippen LogP contribution in [0.5, 0.6) is 0 Å². The van der Waals surface area contributed by atoms with Crippen LogP contribution in [0.25, 0.3) is 0 Å². The summed E-state index contributed by atoms with van der Waals surface area (Å²) >= 11 is 0. The zero-order valence-corrected chi connectivity index (χ0v) is 14.2. The summed E-state index contributed by atoms with van der Waals surface area (Å²) < 4.78 is 39.8. The van der Waals surface area contributed by atoms with Crippen molar-refractivity contribution in [2.45, 2.75) is 19.3 Å². The number of carbonyl (C=O) groups excluding carboxylic acids is 1. The van der Waals surface area contributed by atoms with E-state index >= 15 is 0 Å². The highest BCUT2D eigenvalue weighted by Crippen LogP contribution is 2.29. The summed E-state index contributed by atoms with van der Waals surface area (Å²) in [5.41, 5.74) is 0.678. The van der Waals surface area contributed by atoms with Gasteiger partial charge >= 0.3 is 12.2 Å². The number of urea groups is 1. The van der Waals surface area contributed by atoms with Crippen LogP contribution in [-0.2, 0) is 19.3 Å². The van der Waals surface area contributed by atoms with Crippen molar-refractivity contribution >= 4 is 11.8 Å². The van der Waals surface area contributed by atoms with Gasteiger partial charge in [-0.3, -0.25) is 10.00 Å². The summed E-state index contributed by atoms with van der Waals surface area (Å²) in [5, 5.41) is 9.32. The van der Waals surface area contributed by atoms with Crippen molar-refractivity contribution in [3.8, 4) is 0 Å². The Hall–Kier alpha value is -3.29. The molecule has 0 bridgehead atoms. The van der Waals surface area contributed by atoms with Gasteiger partial charge in [-0.05, 0) is 23.3 Å². The van der Waals surface area contributed by atoms with Crippen LogP contribution >= 0.6 is 0 Å². The minimum absolute atomic E-state index is 0.0273. The maximum atomic E-state index is 12.7. The van der Waals surface area contributed by atoms with Crippen LogP contribution in [0.4, 0.5) is 23.8 Å². The summed E-state index contributed by atoms with van der Waals surface area (Å²) in [6.45, 7) is 0.537. The van der Waals surface area contributed by atoms with E-state index in [1.807, 2.05) is 30.3 Å². The lowest BCUT2D eigenvalue weighted by Gasteiger charge is -2.09. The van der Waals surface area contributed by atoms with Gasteiger partial charge in [0.05, 0.1) is 12.1 Å². The molecule has 2 amide bonds. The normalized spacial score (nSPS) is 11.2. The fourth-order valence-corrected chi connectivity index (χ4v) is 2.49. The van der Waals surface area contributed by atoms with E-state index in [2.05, 4.69) is 15.7 Å². The summed E-state index contributed by atoms with van der Waals surface area (Å²) in [6.07, 6.45) is -2.68. The molecule has 3 rings (SSSR count). The standard InChI is InChI=1S/C19H17F3N4O/c20-19(21,22)16-8-4-7-15(11-16)12-23-18(27)24-17-9-10-26(25-17)13-14-5-2-1-3-6-14/h1-11H,12-13H2,(H2,23,24,25,27). The molecule has 0 radical (unpaired) electrons. The minimum atomic E-state index is -4.41. The van der Waals surface area contributed by atoms with Crippen LogP contribution in [0.3, 0.4) is 0 Å². The van der Waals surface area contributed by atoms with E-state index in [4.69, 9.17) is 0 Å². The average Bonchev–Trinajstić information content (AvgIpc) is 3.07. The Morgan fingerprint density at radius 3 is 2.48 bits per heavy atom. The van der Waals surface area contributed by atoms with Crippen molar-refractivity contribution in [1.29, 1.82) is 0 Å². The molecule has 0 fully saturated rings. The summed E-state index contributed by atoms with van der Waals surface area (Å²) in [6, 6.07) is 15.6. The lowest BCUT2D eigenvalue weighted by molar-refractivity contribution is -0.137. The third-order valence-corrected chi connectivity index (χ3v) is 3.78. The molecule has 8 heteroatoms. The van der Waals surface area contributed by atoms with Gasteiger partial charge < -0.3 is 5.32 Å². The molecule has 2 aromatic carbocycles. The number of alkyl halides is 3. The SMILES string of the molecule is O=C(NCc1cccc(C(F)(F)F)c1)Nc1ccn(Cc2ccccc2)n1. The zero-order chi connectivity index (χ0) is 19.3. The van der Waals surface area contributed by atoms with Crippen LogP contribution in [0.2, 0.25) is 0 Å². The predicted molar refractivity (Wildman–Crippen MR) is 95.1 cm³/mol. The van der Waals surface area contributed by atoms with Crippen LogP contribution < -0.4 is 10.6 Å². The Morgan fingerprint density at radius 2 is 1.74 bits per heavy atom. The Labute approximate surface area is 153 Å². The second-order valence-electron chi connectivity index (χ2n) is 5.89. The molecule has 5 nitrogen and oxygen atoms in total. The van der Waals surface area contributed by atoms with Gasteiger partial charge in [0, 0.05) is 18.8 Å². The maximum Gasteiger partial charge on any atom is 0.416 e. The first-order valence-corrected chi connectivity index (χ1v) is 8.18. The van der Waals surface area contributed by atoms with Crippen LogP contribution in [0.15, 0.2) is 66.9 Å². The first-order valence-electron chi connectivity index (χ1n) is 8.18. The van der Waals surface area contributed by atoms with Gasteiger partial charge in [-0.25, -0.2) is 4.79 Å². The molecule has 1 aromatic heterocycles. The van der Waals surface area contributed by atoms with Gasteiger partial charge in [0.25, 0.3) is 0 Å². The second kappa shape index (κ2) is 7.94. The van der Waals surface area contributed by atoms with Gasteiger partial charge in [0.15, 0.2) is 5.82 Å². The quantitative estimate of drug-likeness (QED) is 0.701. The van der Waals surface area contributed by atoms with E-state index in [0.717, 1.165) is 17.7 Å². The lowest BCUT2D eigenvalue weighted by Crippen LogP contribution is -2.28. The highest BCUT2D eigenvalue weighted by molar-refractivity contribution is 5.88. The molecule has 2 N–H and O–H groups in total. The lowest BCUT2D eigenvalue weighted by atomic mass is 10.1. The molecule has 0 aliphatic carbocycles. The average molecular weight is 374 g/mol. The topological polar surface area (TPSA) is 59.0 Å².